The van der Waals surface area contributed by atoms with Gasteiger partial charge in [-0.3, -0.25) is 5.10 Å². The number of hydrogen-bond acceptors (Lipinski definition) is 3. The molecular weight excluding hydrogens is 288 g/mol. The highest BCUT2D eigenvalue weighted by Gasteiger charge is 2.08. The molecule has 0 aliphatic carbocycles. The minimum absolute atomic E-state index is 0.0178. The van der Waals surface area contributed by atoms with Gasteiger partial charge in [0.25, 0.3) is 0 Å². The molecule has 6 heteroatoms. The Hall–Kier alpha value is -1.82. The van der Waals surface area contributed by atoms with Crippen LogP contribution in [0.3, 0.4) is 0 Å². The number of rotatable bonds is 4. The third-order valence-corrected chi connectivity index (χ3v) is 2.72. The minimum atomic E-state index is -1.06. The molecule has 0 atom stereocenters. The summed E-state index contributed by atoms with van der Waals surface area (Å²) in [4.78, 5) is 10.6. The van der Waals surface area contributed by atoms with Crippen molar-refractivity contribution in [3.05, 3.63) is 46.2 Å². The molecule has 1 aromatic heterocycles. The zero-order valence-corrected chi connectivity index (χ0v) is 10.3. The van der Waals surface area contributed by atoms with E-state index in [1.54, 1.807) is 0 Å². The lowest BCUT2D eigenvalue weighted by Crippen LogP contribution is -1.96. The maximum atomic E-state index is 10.6. The number of nitrogens with zero attached hydrogens (tertiary/aromatic N) is 1. The van der Waals surface area contributed by atoms with Crippen molar-refractivity contribution < 1.29 is 14.6 Å². The quantitative estimate of drug-likeness (QED) is 0.909. The lowest BCUT2D eigenvalue weighted by molar-refractivity contribution is 0.0690. The lowest BCUT2D eigenvalue weighted by atomic mass is 10.3. The van der Waals surface area contributed by atoms with Gasteiger partial charge in [0.15, 0.2) is 5.69 Å². The van der Waals surface area contributed by atoms with Crippen molar-refractivity contribution in [1.82, 2.24) is 10.2 Å². The van der Waals surface area contributed by atoms with E-state index in [1.165, 1.54) is 6.07 Å². The van der Waals surface area contributed by atoms with Gasteiger partial charge in [-0.1, -0.05) is 12.1 Å². The van der Waals surface area contributed by atoms with E-state index in [0.717, 1.165) is 4.47 Å². The van der Waals surface area contributed by atoms with E-state index in [4.69, 9.17) is 9.84 Å². The van der Waals surface area contributed by atoms with E-state index in [-0.39, 0.29) is 12.3 Å². The number of aromatic carboxylic acids is 1. The zero-order valence-electron chi connectivity index (χ0n) is 8.68. The number of benzene rings is 1. The fourth-order valence-electron chi connectivity index (χ4n) is 1.26. The van der Waals surface area contributed by atoms with Gasteiger partial charge in [0.05, 0.1) is 10.2 Å². The molecule has 17 heavy (non-hydrogen) atoms. The number of halogens is 1. The standard InChI is InChI=1S/C11H9BrN2O3/c12-8-3-1-2-4-10(8)17-6-7-5-9(11(15)16)14-13-7/h1-5H,6H2,(H,13,14)(H,15,16). The van der Waals surface area contributed by atoms with E-state index in [1.807, 2.05) is 24.3 Å². The summed E-state index contributed by atoms with van der Waals surface area (Å²) in [7, 11) is 0. The summed E-state index contributed by atoms with van der Waals surface area (Å²) < 4.78 is 6.35. The second-order valence-corrected chi connectivity index (χ2v) is 4.16. The predicted octanol–water partition coefficient (Wildman–Crippen LogP) is 2.45. The highest BCUT2D eigenvalue weighted by molar-refractivity contribution is 9.10. The predicted molar refractivity (Wildman–Crippen MR) is 64.0 cm³/mol. The zero-order chi connectivity index (χ0) is 12.3. The average molecular weight is 297 g/mol. The number of H-pyrrole nitrogens is 1. The number of nitrogens with one attached hydrogen (secondary N) is 1. The molecule has 0 aliphatic heterocycles. The van der Waals surface area contributed by atoms with Gasteiger partial charge in [-0.2, -0.15) is 5.10 Å². The van der Waals surface area contributed by atoms with Gasteiger partial charge in [-0.05, 0) is 34.1 Å². The average Bonchev–Trinajstić information content (AvgIpc) is 2.77. The Morgan fingerprint density at radius 2 is 2.24 bits per heavy atom. The molecule has 1 aromatic carbocycles. The highest BCUT2D eigenvalue weighted by atomic mass is 79.9. The van der Waals surface area contributed by atoms with Gasteiger partial charge in [0.1, 0.15) is 12.4 Å². The van der Waals surface area contributed by atoms with Crippen LogP contribution in [0.15, 0.2) is 34.8 Å². The molecule has 0 saturated heterocycles. The number of ether oxygens (including phenoxy) is 1. The van der Waals surface area contributed by atoms with E-state index >= 15 is 0 Å². The van der Waals surface area contributed by atoms with Crippen molar-refractivity contribution in [2.75, 3.05) is 0 Å². The minimum Gasteiger partial charge on any atom is -0.486 e. The number of carboxylic acids is 1. The Morgan fingerprint density at radius 1 is 1.47 bits per heavy atom. The van der Waals surface area contributed by atoms with E-state index in [9.17, 15) is 4.79 Å². The molecular formula is C11H9BrN2O3. The van der Waals surface area contributed by atoms with E-state index < -0.39 is 5.97 Å². The highest BCUT2D eigenvalue weighted by Crippen LogP contribution is 2.24. The summed E-state index contributed by atoms with van der Waals surface area (Å²) in [5.74, 6) is -0.368. The maximum Gasteiger partial charge on any atom is 0.356 e. The fraction of sp³-hybridized carbons (Fsp3) is 0.0909. The molecule has 88 valence electrons. The SMILES string of the molecule is O=C(O)c1cc(COc2ccccc2Br)[nH]n1. The first kappa shape index (κ1) is 11.7. The molecule has 0 amide bonds. The van der Waals surface area contributed by atoms with Crippen LogP contribution < -0.4 is 4.74 Å². The number of carbonyl (C=O) groups is 1. The van der Waals surface area contributed by atoms with Crippen LogP contribution in [0.1, 0.15) is 16.2 Å². The molecule has 2 aromatic rings. The Bertz CT molecular complexity index is 539. The Labute approximate surface area is 106 Å². The van der Waals surface area contributed by atoms with Gasteiger partial charge in [0, 0.05) is 0 Å². The van der Waals surface area contributed by atoms with Crippen LogP contribution in [-0.2, 0) is 6.61 Å². The number of para-hydroxylation sites is 1. The molecule has 2 N–H and O–H groups in total. The summed E-state index contributed by atoms with van der Waals surface area (Å²) in [6.07, 6.45) is 0. The molecule has 0 saturated carbocycles. The van der Waals surface area contributed by atoms with Crippen LogP contribution in [0.5, 0.6) is 5.75 Å². The third kappa shape index (κ3) is 2.85. The largest absolute Gasteiger partial charge is 0.486 e. The van der Waals surface area contributed by atoms with Crippen LogP contribution in [0, 0.1) is 0 Å². The summed E-state index contributed by atoms with van der Waals surface area (Å²) in [5, 5.41) is 14.9. The van der Waals surface area contributed by atoms with Crippen molar-refractivity contribution in [3.63, 3.8) is 0 Å². The van der Waals surface area contributed by atoms with E-state index in [2.05, 4.69) is 26.1 Å². The maximum absolute atomic E-state index is 10.6. The van der Waals surface area contributed by atoms with Gasteiger partial charge in [-0.15, -0.1) is 0 Å². The Morgan fingerprint density at radius 3 is 2.88 bits per heavy atom. The van der Waals surface area contributed by atoms with Crippen LogP contribution in [0.25, 0.3) is 0 Å². The summed E-state index contributed by atoms with van der Waals surface area (Å²) in [5.41, 5.74) is 0.592. The first-order chi connectivity index (χ1) is 8.16. The van der Waals surface area contributed by atoms with Crippen molar-refractivity contribution in [2.45, 2.75) is 6.61 Å². The molecule has 0 fully saturated rings. The topological polar surface area (TPSA) is 75.2 Å². The Balaban J connectivity index is 2.02. The molecule has 0 radical (unpaired) electrons. The molecule has 5 nitrogen and oxygen atoms in total. The normalized spacial score (nSPS) is 10.2. The first-order valence-electron chi connectivity index (χ1n) is 4.81. The third-order valence-electron chi connectivity index (χ3n) is 2.07. The fourth-order valence-corrected chi connectivity index (χ4v) is 1.66. The smallest absolute Gasteiger partial charge is 0.356 e. The van der Waals surface area contributed by atoms with Crippen LogP contribution >= 0.6 is 15.9 Å². The molecule has 0 spiro atoms. The molecule has 2 rings (SSSR count). The summed E-state index contributed by atoms with van der Waals surface area (Å²) in [6.45, 7) is 0.239. The Kier molecular flexibility index (Phi) is 3.43. The molecule has 0 unspecified atom stereocenters. The summed E-state index contributed by atoms with van der Waals surface area (Å²) in [6, 6.07) is 8.87. The second-order valence-electron chi connectivity index (χ2n) is 3.30. The lowest BCUT2D eigenvalue weighted by Gasteiger charge is -2.05. The van der Waals surface area contributed by atoms with Crippen LogP contribution in [-0.4, -0.2) is 21.3 Å². The molecule has 0 aliphatic rings. The number of aromatic nitrogens is 2. The monoisotopic (exact) mass is 296 g/mol. The van der Waals surface area contributed by atoms with Crippen molar-refractivity contribution in [1.29, 1.82) is 0 Å². The van der Waals surface area contributed by atoms with Crippen LogP contribution in [0.2, 0.25) is 0 Å². The first-order valence-corrected chi connectivity index (χ1v) is 5.61. The van der Waals surface area contributed by atoms with Gasteiger partial charge < -0.3 is 9.84 Å². The van der Waals surface area contributed by atoms with Gasteiger partial charge in [0.2, 0.25) is 0 Å². The van der Waals surface area contributed by atoms with Gasteiger partial charge >= 0.3 is 5.97 Å². The van der Waals surface area contributed by atoms with Crippen molar-refractivity contribution >= 4 is 21.9 Å². The molecule has 1 heterocycles. The second kappa shape index (κ2) is 5.01. The summed E-state index contributed by atoms with van der Waals surface area (Å²) >= 11 is 3.35. The van der Waals surface area contributed by atoms with Crippen LogP contribution in [0.4, 0.5) is 0 Å². The van der Waals surface area contributed by atoms with Crippen molar-refractivity contribution in [2.24, 2.45) is 0 Å². The number of carboxylic acid groups (broad SMARTS) is 1. The van der Waals surface area contributed by atoms with Gasteiger partial charge in [-0.25, -0.2) is 4.79 Å². The number of aromatic amines is 1. The molecule has 0 bridgehead atoms. The van der Waals surface area contributed by atoms with E-state index in [0.29, 0.717) is 11.4 Å². The van der Waals surface area contributed by atoms with Crippen molar-refractivity contribution in [3.8, 4) is 5.75 Å². The number of hydrogen-bond donors (Lipinski definition) is 2.